The van der Waals surface area contributed by atoms with Crippen molar-refractivity contribution in [2.24, 2.45) is 11.8 Å². The number of carbonyl (C=O) groups is 1. The third kappa shape index (κ3) is 2.59. The molecule has 0 amide bonds. The fourth-order valence-electron chi connectivity index (χ4n) is 2.21. The Morgan fingerprint density at radius 1 is 1.50 bits per heavy atom. The van der Waals surface area contributed by atoms with Crippen molar-refractivity contribution >= 4 is 23.3 Å². The molecule has 0 spiro atoms. The van der Waals surface area contributed by atoms with E-state index in [0.717, 1.165) is 0 Å². The lowest BCUT2D eigenvalue weighted by atomic mass is 9.97. The van der Waals surface area contributed by atoms with Crippen LogP contribution in [0.25, 0.3) is 0 Å². The monoisotopic (exact) mass is 282 g/mol. The van der Waals surface area contributed by atoms with E-state index in [1.165, 1.54) is 6.33 Å². The highest BCUT2D eigenvalue weighted by Gasteiger charge is 2.31. The Labute approximate surface area is 113 Å². The van der Waals surface area contributed by atoms with Crippen LogP contribution < -0.4 is 16.2 Å². The van der Waals surface area contributed by atoms with Gasteiger partial charge in [-0.3, -0.25) is 14.9 Å². The Morgan fingerprint density at radius 3 is 2.65 bits per heavy atom. The van der Waals surface area contributed by atoms with E-state index in [-0.39, 0.29) is 17.3 Å². The van der Waals surface area contributed by atoms with Crippen LogP contribution in [-0.4, -0.2) is 39.1 Å². The highest BCUT2D eigenvalue weighted by molar-refractivity contribution is 5.72. The highest BCUT2D eigenvalue weighted by Crippen LogP contribution is 2.33. The molecule has 0 saturated carbocycles. The van der Waals surface area contributed by atoms with Gasteiger partial charge in [-0.2, -0.15) is 0 Å². The first kappa shape index (κ1) is 13.9. The second kappa shape index (κ2) is 5.65. The maximum atomic E-state index is 11.1. The number of carboxylic acid groups (broad SMARTS) is 1. The number of nitrogens with two attached hydrogens (primary N) is 1. The first-order valence-corrected chi connectivity index (χ1v) is 5.98. The summed E-state index contributed by atoms with van der Waals surface area (Å²) < 4.78 is 0. The minimum absolute atomic E-state index is 0.0691. The van der Waals surface area contributed by atoms with Gasteiger partial charge in [0.15, 0.2) is 0 Å². The summed E-state index contributed by atoms with van der Waals surface area (Å²) in [5.41, 5.74) is 1.87. The van der Waals surface area contributed by atoms with Crippen molar-refractivity contribution in [1.82, 2.24) is 9.97 Å². The van der Waals surface area contributed by atoms with E-state index >= 15 is 0 Å². The quantitative estimate of drug-likeness (QED) is 0.393. The van der Waals surface area contributed by atoms with E-state index < -0.39 is 16.8 Å². The van der Waals surface area contributed by atoms with E-state index in [1.807, 2.05) is 0 Å². The van der Waals surface area contributed by atoms with Gasteiger partial charge in [0.05, 0.1) is 10.8 Å². The summed E-state index contributed by atoms with van der Waals surface area (Å²) in [6.07, 6.45) is 2.02. The summed E-state index contributed by atoms with van der Waals surface area (Å²) in [5, 5.41) is 20.1. The maximum Gasteiger partial charge on any atom is 0.354 e. The van der Waals surface area contributed by atoms with E-state index in [0.29, 0.717) is 25.9 Å². The van der Waals surface area contributed by atoms with Crippen LogP contribution >= 0.6 is 0 Å². The zero-order valence-electron chi connectivity index (χ0n) is 10.5. The maximum absolute atomic E-state index is 11.1. The summed E-state index contributed by atoms with van der Waals surface area (Å²) in [6.45, 7) is 0.775. The lowest BCUT2D eigenvalue weighted by molar-refractivity contribution is -0.383. The molecule has 2 rings (SSSR count). The molecule has 1 aliphatic rings. The molecule has 1 aromatic rings. The van der Waals surface area contributed by atoms with Gasteiger partial charge >= 0.3 is 11.7 Å². The number of carboxylic acids is 1. The second-order valence-corrected chi connectivity index (χ2v) is 4.40. The number of aliphatic carboxylic acids is 1. The number of aromatic nitrogens is 2. The minimum atomic E-state index is -0.842. The molecule has 0 unspecified atom stereocenters. The summed E-state index contributed by atoms with van der Waals surface area (Å²) in [5.74, 6) is 4.03. The first-order chi connectivity index (χ1) is 9.54. The average Bonchev–Trinajstić information content (AvgIpc) is 2.46. The van der Waals surface area contributed by atoms with Gasteiger partial charge in [-0.1, -0.05) is 0 Å². The standard InChI is InChI=1S/C10H14N6O4/c11-14-8-7(16(19)20)9(13-5-12-8)15-3-1-6(2-4-15)10(17)18/h5-6H,1-4,11H2,(H,17,18)(H,12,13,14). The Morgan fingerprint density at radius 2 is 2.15 bits per heavy atom. The van der Waals surface area contributed by atoms with Crippen LogP contribution in [-0.2, 0) is 4.79 Å². The Hall–Kier alpha value is -2.49. The number of hydrazine groups is 1. The van der Waals surface area contributed by atoms with Crippen LogP contribution in [0.15, 0.2) is 6.33 Å². The van der Waals surface area contributed by atoms with Gasteiger partial charge in [0.1, 0.15) is 6.33 Å². The largest absolute Gasteiger partial charge is 0.481 e. The van der Waals surface area contributed by atoms with E-state index in [4.69, 9.17) is 10.9 Å². The Kier molecular flexibility index (Phi) is 3.94. The van der Waals surface area contributed by atoms with Crippen LogP contribution in [0.5, 0.6) is 0 Å². The third-order valence-corrected chi connectivity index (χ3v) is 3.27. The summed E-state index contributed by atoms with van der Waals surface area (Å²) in [6, 6.07) is 0. The van der Waals surface area contributed by atoms with E-state index in [2.05, 4.69) is 15.4 Å². The molecule has 0 aromatic carbocycles. The molecule has 0 bridgehead atoms. The number of piperidine rings is 1. The number of nitrogens with one attached hydrogen (secondary N) is 1. The Bertz CT molecular complexity index is 528. The molecule has 1 aromatic heterocycles. The molecule has 10 nitrogen and oxygen atoms in total. The molecule has 0 aliphatic carbocycles. The SMILES string of the molecule is NNc1ncnc(N2CCC(C(=O)O)CC2)c1[N+](=O)[O-]. The van der Waals surface area contributed by atoms with Gasteiger partial charge in [0, 0.05) is 13.1 Å². The molecule has 1 fully saturated rings. The van der Waals surface area contributed by atoms with E-state index in [9.17, 15) is 14.9 Å². The van der Waals surface area contributed by atoms with Crippen LogP contribution in [0.1, 0.15) is 12.8 Å². The molecule has 1 saturated heterocycles. The number of rotatable bonds is 4. The minimum Gasteiger partial charge on any atom is -0.481 e. The van der Waals surface area contributed by atoms with Crippen LogP contribution in [0.3, 0.4) is 0 Å². The van der Waals surface area contributed by atoms with Gasteiger partial charge < -0.3 is 15.4 Å². The fraction of sp³-hybridized carbons (Fsp3) is 0.500. The molecule has 0 radical (unpaired) electrons. The summed E-state index contributed by atoms with van der Waals surface area (Å²) >= 11 is 0. The number of nitrogens with zero attached hydrogens (tertiary/aromatic N) is 4. The molecule has 108 valence electrons. The van der Waals surface area contributed by atoms with Gasteiger partial charge in [0.25, 0.3) is 0 Å². The predicted molar refractivity (Wildman–Crippen MR) is 69.1 cm³/mol. The lowest BCUT2D eigenvalue weighted by Crippen LogP contribution is -2.37. The van der Waals surface area contributed by atoms with Crippen molar-refractivity contribution in [3.63, 3.8) is 0 Å². The summed E-state index contributed by atoms with van der Waals surface area (Å²) in [7, 11) is 0. The number of nitrogen functional groups attached to an aromatic ring is 1. The van der Waals surface area contributed by atoms with Crippen molar-refractivity contribution in [3.05, 3.63) is 16.4 Å². The van der Waals surface area contributed by atoms with Gasteiger partial charge in [-0.25, -0.2) is 15.8 Å². The highest BCUT2D eigenvalue weighted by atomic mass is 16.6. The third-order valence-electron chi connectivity index (χ3n) is 3.27. The normalized spacial score (nSPS) is 15.9. The van der Waals surface area contributed by atoms with Gasteiger partial charge in [0.2, 0.25) is 11.6 Å². The molecule has 10 heteroatoms. The van der Waals surface area contributed by atoms with Crippen LogP contribution in [0.4, 0.5) is 17.3 Å². The average molecular weight is 282 g/mol. The number of nitro groups is 1. The van der Waals surface area contributed by atoms with Gasteiger partial charge in [-0.15, -0.1) is 0 Å². The zero-order chi connectivity index (χ0) is 14.7. The molecule has 2 heterocycles. The zero-order valence-corrected chi connectivity index (χ0v) is 10.5. The van der Waals surface area contributed by atoms with Crippen LogP contribution in [0.2, 0.25) is 0 Å². The molecule has 0 atom stereocenters. The first-order valence-electron chi connectivity index (χ1n) is 5.98. The smallest absolute Gasteiger partial charge is 0.354 e. The number of hydrogen-bond acceptors (Lipinski definition) is 8. The predicted octanol–water partition coefficient (Wildman–Crippen LogP) is -0.0286. The number of hydrogen-bond donors (Lipinski definition) is 3. The van der Waals surface area contributed by atoms with Crippen molar-refractivity contribution in [2.45, 2.75) is 12.8 Å². The number of anilines is 2. The summed E-state index contributed by atoms with van der Waals surface area (Å²) in [4.78, 5) is 30.7. The molecule has 20 heavy (non-hydrogen) atoms. The fourth-order valence-corrected chi connectivity index (χ4v) is 2.21. The van der Waals surface area contributed by atoms with Crippen molar-refractivity contribution in [3.8, 4) is 0 Å². The second-order valence-electron chi connectivity index (χ2n) is 4.40. The van der Waals surface area contributed by atoms with Gasteiger partial charge in [-0.05, 0) is 12.8 Å². The molecular weight excluding hydrogens is 268 g/mol. The molecule has 1 aliphatic heterocycles. The molecule has 4 N–H and O–H groups in total. The topological polar surface area (TPSA) is 148 Å². The lowest BCUT2D eigenvalue weighted by Gasteiger charge is -2.30. The van der Waals surface area contributed by atoms with Crippen molar-refractivity contribution in [2.75, 3.05) is 23.4 Å². The van der Waals surface area contributed by atoms with E-state index in [1.54, 1.807) is 4.90 Å². The Balaban J connectivity index is 2.26. The van der Waals surface area contributed by atoms with Crippen molar-refractivity contribution < 1.29 is 14.8 Å². The van der Waals surface area contributed by atoms with Crippen LogP contribution in [0, 0.1) is 16.0 Å². The van der Waals surface area contributed by atoms with Crippen molar-refractivity contribution in [1.29, 1.82) is 0 Å². The molecular formula is C10H14N6O4.